The van der Waals surface area contributed by atoms with Crippen LogP contribution in [0.3, 0.4) is 0 Å². The quantitative estimate of drug-likeness (QED) is 0.809. The average Bonchev–Trinajstić information content (AvgIpc) is 3.05. The highest BCUT2D eigenvalue weighted by Gasteiger charge is 2.23. The molecule has 0 spiro atoms. The molecule has 0 bridgehead atoms. The molecule has 0 unspecified atom stereocenters. The molecule has 1 aliphatic rings. The summed E-state index contributed by atoms with van der Waals surface area (Å²) in [5, 5.41) is 2.93. The van der Waals surface area contributed by atoms with E-state index in [1.54, 1.807) is 11.1 Å². The van der Waals surface area contributed by atoms with Crippen molar-refractivity contribution in [3.63, 3.8) is 0 Å². The molecular formula is C19H21N3O3S. The van der Waals surface area contributed by atoms with E-state index in [0.717, 1.165) is 17.0 Å². The monoisotopic (exact) mass is 371 g/mol. The van der Waals surface area contributed by atoms with Crippen molar-refractivity contribution in [1.82, 2.24) is 15.2 Å². The second-order valence-electron chi connectivity index (χ2n) is 6.04. The number of amides is 2. The molecule has 26 heavy (non-hydrogen) atoms. The minimum Gasteiger partial charge on any atom is -0.487 e. The molecule has 1 aliphatic heterocycles. The molecule has 3 rings (SSSR count). The third-order valence-corrected chi connectivity index (χ3v) is 4.95. The molecule has 2 aromatic rings. The molecule has 1 saturated heterocycles. The van der Waals surface area contributed by atoms with Gasteiger partial charge in [-0.15, -0.1) is 11.8 Å². The maximum Gasteiger partial charge on any atom is 0.240 e. The number of benzene rings is 1. The van der Waals surface area contributed by atoms with Crippen molar-refractivity contribution in [3.05, 3.63) is 59.9 Å². The molecule has 0 aliphatic carbocycles. The third-order valence-electron chi connectivity index (χ3n) is 4.01. The van der Waals surface area contributed by atoms with Crippen LogP contribution < -0.4 is 10.1 Å². The lowest BCUT2D eigenvalue weighted by Gasteiger charge is -2.18. The molecule has 6 nitrogen and oxygen atoms in total. The summed E-state index contributed by atoms with van der Waals surface area (Å²) in [7, 11) is 0. The lowest BCUT2D eigenvalue weighted by Crippen LogP contribution is -2.39. The number of nitrogens with one attached hydrogen (secondary N) is 1. The van der Waals surface area contributed by atoms with E-state index < -0.39 is 0 Å². The summed E-state index contributed by atoms with van der Waals surface area (Å²) in [6, 6.07) is 13.1. The second-order valence-corrected chi connectivity index (χ2v) is 7.00. The molecule has 1 atom stereocenters. The Morgan fingerprint density at radius 2 is 2.23 bits per heavy atom. The molecular weight excluding hydrogens is 350 g/mol. The van der Waals surface area contributed by atoms with Gasteiger partial charge in [0.15, 0.2) is 0 Å². The van der Waals surface area contributed by atoms with Gasteiger partial charge in [0.05, 0.1) is 23.4 Å². The molecule has 0 saturated carbocycles. The predicted octanol–water partition coefficient (Wildman–Crippen LogP) is 2.37. The van der Waals surface area contributed by atoms with Gasteiger partial charge in [0.1, 0.15) is 18.9 Å². The van der Waals surface area contributed by atoms with Gasteiger partial charge in [-0.2, -0.15) is 0 Å². The van der Waals surface area contributed by atoms with E-state index >= 15 is 0 Å². The summed E-state index contributed by atoms with van der Waals surface area (Å²) >= 11 is 1.53. The number of ether oxygens (including phenoxy) is 1. The lowest BCUT2D eigenvalue weighted by atomic mass is 10.1. The van der Waals surface area contributed by atoms with Crippen LogP contribution in [0.15, 0.2) is 48.7 Å². The Balaban J connectivity index is 1.54. The van der Waals surface area contributed by atoms with E-state index in [0.29, 0.717) is 18.2 Å². The highest BCUT2D eigenvalue weighted by molar-refractivity contribution is 8.00. The van der Waals surface area contributed by atoms with Gasteiger partial charge < -0.3 is 15.0 Å². The maximum atomic E-state index is 12.2. The summed E-state index contributed by atoms with van der Waals surface area (Å²) in [5.74, 6) is 1.62. The van der Waals surface area contributed by atoms with E-state index in [-0.39, 0.29) is 24.4 Å². The molecule has 1 aromatic carbocycles. The Bertz CT molecular complexity index is 770. The van der Waals surface area contributed by atoms with Gasteiger partial charge in [-0.1, -0.05) is 18.2 Å². The number of hydrogen-bond acceptors (Lipinski definition) is 5. The summed E-state index contributed by atoms with van der Waals surface area (Å²) in [6.07, 6.45) is 1.73. The van der Waals surface area contributed by atoms with Crippen LogP contribution in [0.1, 0.15) is 24.2 Å². The number of hydrogen-bond donors (Lipinski definition) is 1. The summed E-state index contributed by atoms with van der Waals surface area (Å²) in [4.78, 5) is 29.6. The van der Waals surface area contributed by atoms with Crippen LogP contribution in [0.5, 0.6) is 5.75 Å². The zero-order valence-electron chi connectivity index (χ0n) is 14.6. The van der Waals surface area contributed by atoms with E-state index in [4.69, 9.17) is 4.74 Å². The zero-order chi connectivity index (χ0) is 18.4. The van der Waals surface area contributed by atoms with Gasteiger partial charge in [-0.05, 0) is 36.8 Å². The molecule has 1 aromatic heterocycles. The number of carbonyl (C=O) groups is 2. The highest BCUT2D eigenvalue weighted by Crippen LogP contribution is 2.20. The van der Waals surface area contributed by atoms with Crippen LogP contribution in [0.4, 0.5) is 0 Å². The van der Waals surface area contributed by atoms with Crippen LogP contribution in [0, 0.1) is 0 Å². The molecule has 2 amide bonds. The fourth-order valence-electron chi connectivity index (χ4n) is 2.60. The van der Waals surface area contributed by atoms with Crippen molar-refractivity contribution >= 4 is 23.6 Å². The zero-order valence-corrected chi connectivity index (χ0v) is 15.4. The van der Waals surface area contributed by atoms with Crippen molar-refractivity contribution in [2.75, 3.05) is 18.2 Å². The lowest BCUT2D eigenvalue weighted by molar-refractivity contribution is -0.132. The topological polar surface area (TPSA) is 71.5 Å². The fourth-order valence-corrected chi connectivity index (χ4v) is 3.50. The maximum absolute atomic E-state index is 12.2. The first-order chi connectivity index (χ1) is 12.6. The van der Waals surface area contributed by atoms with Crippen molar-refractivity contribution in [1.29, 1.82) is 0 Å². The summed E-state index contributed by atoms with van der Waals surface area (Å²) < 4.78 is 5.78. The molecule has 2 heterocycles. The number of pyridine rings is 1. The number of nitrogens with zero attached hydrogens (tertiary/aromatic N) is 2. The Hall–Kier alpha value is -2.54. The van der Waals surface area contributed by atoms with E-state index in [1.165, 1.54) is 11.8 Å². The Labute approximate surface area is 156 Å². The largest absolute Gasteiger partial charge is 0.487 e. The number of carbonyl (C=O) groups excluding carboxylic acids is 2. The third kappa shape index (κ3) is 4.98. The molecule has 136 valence electrons. The Morgan fingerprint density at radius 1 is 1.35 bits per heavy atom. The SMILES string of the molecule is C[C@@H](NC(=O)CN1CSCC1=O)c1cccc(OCc2ccccn2)c1. The number of thioether (sulfide) groups is 1. The van der Waals surface area contributed by atoms with E-state index in [9.17, 15) is 9.59 Å². The van der Waals surface area contributed by atoms with E-state index in [1.807, 2.05) is 49.4 Å². The van der Waals surface area contributed by atoms with E-state index in [2.05, 4.69) is 10.3 Å². The smallest absolute Gasteiger partial charge is 0.240 e. The van der Waals surface area contributed by atoms with Crippen molar-refractivity contribution < 1.29 is 14.3 Å². The van der Waals surface area contributed by atoms with Gasteiger partial charge in [0.25, 0.3) is 0 Å². The predicted molar refractivity (Wildman–Crippen MR) is 101 cm³/mol. The Morgan fingerprint density at radius 3 is 2.96 bits per heavy atom. The standard InChI is InChI=1S/C19H21N3O3S/c1-14(21-18(23)10-22-13-26-12-19(22)24)15-5-4-7-17(9-15)25-11-16-6-2-3-8-20-16/h2-9,14H,10-13H2,1H3,(H,21,23)/t14-/m1/s1. The second kappa shape index (κ2) is 8.71. The first-order valence-corrected chi connectivity index (χ1v) is 9.55. The average molecular weight is 371 g/mol. The van der Waals surface area contributed by atoms with Crippen molar-refractivity contribution in [2.45, 2.75) is 19.6 Å². The first-order valence-electron chi connectivity index (χ1n) is 8.39. The van der Waals surface area contributed by atoms with Crippen LogP contribution in [-0.4, -0.2) is 39.9 Å². The molecule has 1 N–H and O–H groups in total. The van der Waals surface area contributed by atoms with Crippen LogP contribution in [0.2, 0.25) is 0 Å². The normalized spacial score (nSPS) is 15.0. The number of rotatable bonds is 7. The Kier molecular flexibility index (Phi) is 6.12. The van der Waals surface area contributed by atoms with Crippen LogP contribution >= 0.6 is 11.8 Å². The summed E-state index contributed by atoms with van der Waals surface area (Å²) in [6.45, 7) is 2.40. The van der Waals surface area contributed by atoms with Gasteiger partial charge in [-0.25, -0.2) is 0 Å². The van der Waals surface area contributed by atoms with Crippen molar-refractivity contribution in [2.24, 2.45) is 0 Å². The minimum atomic E-state index is -0.175. The highest BCUT2D eigenvalue weighted by atomic mass is 32.2. The fraction of sp³-hybridized carbons (Fsp3) is 0.316. The van der Waals surface area contributed by atoms with Gasteiger partial charge in [0, 0.05) is 6.20 Å². The van der Waals surface area contributed by atoms with Gasteiger partial charge in [0.2, 0.25) is 11.8 Å². The molecule has 0 radical (unpaired) electrons. The van der Waals surface area contributed by atoms with Crippen molar-refractivity contribution in [3.8, 4) is 5.75 Å². The first kappa shape index (κ1) is 18.3. The van der Waals surface area contributed by atoms with Gasteiger partial charge in [-0.3, -0.25) is 14.6 Å². The number of aromatic nitrogens is 1. The van der Waals surface area contributed by atoms with Crippen LogP contribution in [0.25, 0.3) is 0 Å². The van der Waals surface area contributed by atoms with Gasteiger partial charge >= 0.3 is 0 Å². The van der Waals surface area contributed by atoms with Crippen LogP contribution in [-0.2, 0) is 16.2 Å². The molecule has 1 fully saturated rings. The summed E-state index contributed by atoms with van der Waals surface area (Å²) in [5.41, 5.74) is 1.80. The molecule has 7 heteroatoms. The minimum absolute atomic E-state index is 0.0164.